The van der Waals surface area contributed by atoms with E-state index < -0.39 is 21.8 Å². The Hall–Kier alpha value is -2.78. The van der Waals surface area contributed by atoms with Crippen LogP contribution in [-0.2, 0) is 16.2 Å². The molecule has 0 bridgehead atoms. The van der Waals surface area contributed by atoms with Gasteiger partial charge in [0.2, 0.25) is 0 Å². The van der Waals surface area contributed by atoms with Crippen molar-refractivity contribution in [3.63, 3.8) is 0 Å². The third kappa shape index (κ3) is 4.11. The van der Waals surface area contributed by atoms with Crippen molar-refractivity contribution in [1.29, 1.82) is 0 Å². The predicted octanol–water partition coefficient (Wildman–Crippen LogP) is 5.22. The molecule has 2 aromatic carbocycles. The maximum atomic E-state index is 13.6. The number of halogens is 3. The van der Waals surface area contributed by atoms with Crippen molar-refractivity contribution in [2.45, 2.75) is 30.3 Å². The number of hydrogen-bond donors (Lipinski definition) is 0. The van der Waals surface area contributed by atoms with Crippen LogP contribution in [0.1, 0.15) is 30.4 Å². The molecule has 34 heavy (non-hydrogen) atoms. The number of anilines is 1. The molecule has 0 unspecified atom stereocenters. The molecule has 1 aromatic heterocycles. The quantitative estimate of drug-likeness (QED) is 0.504. The molecular formula is C25H26F3N3O2S. The van der Waals surface area contributed by atoms with Crippen molar-refractivity contribution in [1.82, 2.24) is 8.87 Å². The molecular weight excluding hydrogens is 463 g/mol. The summed E-state index contributed by atoms with van der Waals surface area (Å²) in [4.78, 5) is 4.42. The second kappa shape index (κ2) is 8.46. The molecule has 0 radical (unpaired) electrons. The van der Waals surface area contributed by atoms with E-state index in [2.05, 4.69) is 9.80 Å². The van der Waals surface area contributed by atoms with Gasteiger partial charge in [0.25, 0.3) is 10.0 Å². The fourth-order valence-corrected chi connectivity index (χ4v) is 6.13. The Balaban J connectivity index is 1.62. The highest BCUT2D eigenvalue weighted by Gasteiger charge is 2.32. The van der Waals surface area contributed by atoms with Crippen LogP contribution < -0.4 is 4.90 Å². The van der Waals surface area contributed by atoms with Gasteiger partial charge in [-0.1, -0.05) is 6.08 Å². The largest absolute Gasteiger partial charge is 0.416 e. The average Bonchev–Trinajstić information content (AvgIpc) is 3.48. The second-order valence-electron chi connectivity index (χ2n) is 9.00. The van der Waals surface area contributed by atoms with Crippen molar-refractivity contribution < 1.29 is 21.6 Å². The highest BCUT2D eigenvalue weighted by atomic mass is 32.2. The maximum Gasteiger partial charge on any atom is 0.416 e. The Morgan fingerprint density at radius 1 is 0.941 bits per heavy atom. The van der Waals surface area contributed by atoms with Crippen LogP contribution in [-0.4, -0.2) is 50.5 Å². The van der Waals surface area contributed by atoms with Crippen molar-refractivity contribution in [3.05, 3.63) is 65.9 Å². The van der Waals surface area contributed by atoms with Gasteiger partial charge in [-0.3, -0.25) is 0 Å². The van der Waals surface area contributed by atoms with Crippen LogP contribution in [0.15, 0.2) is 59.6 Å². The summed E-state index contributed by atoms with van der Waals surface area (Å²) in [6, 6.07) is 10.0. The molecule has 5 nitrogen and oxygen atoms in total. The summed E-state index contributed by atoms with van der Waals surface area (Å²) in [5.74, 6) is 0. The lowest BCUT2D eigenvalue weighted by molar-refractivity contribution is -0.137. The molecule has 1 fully saturated rings. The number of hydrogen-bond acceptors (Lipinski definition) is 4. The zero-order chi connectivity index (χ0) is 24.1. The monoisotopic (exact) mass is 489 g/mol. The van der Waals surface area contributed by atoms with Crippen molar-refractivity contribution in [2.24, 2.45) is 0 Å². The van der Waals surface area contributed by atoms with E-state index in [0.29, 0.717) is 23.9 Å². The fraction of sp³-hybridized carbons (Fsp3) is 0.360. The van der Waals surface area contributed by atoms with Gasteiger partial charge in [0, 0.05) is 49.0 Å². The number of benzene rings is 2. The van der Waals surface area contributed by atoms with Crippen molar-refractivity contribution in [3.8, 4) is 0 Å². The first kappa shape index (κ1) is 23.0. The van der Waals surface area contributed by atoms with Crippen LogP contribution in [0.5, 0.6) is 0 Å². The topological polar surface area (TPSA) is 45.6 Å². The third-order valence-electron chi connectivity index (χ3n) is 6.72. The van der Waals surface area contributed by atoms with E-state index in [1.807, 2.05) is 13.1 Å². The zero-order valence-corrected chi connectivity index (χ0v) is 19.7. The normalized spacial score (nSPS) is 18.0. The standard InChI is InChI=1S/C25H26F3N3O2S/c1-29-14-10-18(11-15-29)23-17-31(24-9-4-19(16-22(23)24)25(26,27)28)34(32,33)21-7-5-20(6-8-21)30-12-2-3-13-30/h4-10,16-17H,2-3,11-15H2,1H3. The Morgan fingerprint density at radius 2 is 1.65 bits per heavy atom. The number of nitrogens with zero attached hydrogens (tertiary/aromatic N) is 3. The second-order valence-corrected chi connectivity index (χ2v) is 10.8. The van der Waals surface area contributed by atoms with Gasteiger partial charge in [0.05, 0.1) is 16.0 Å². The van der Waals surface area contributed by atoms with Crippen molar-refractivity contribution in [2.75, 3.05) is 38.1 Å². The summed E-state index contributed by atoms with van der Waals surface area (Å²) < 4.78 is 68.7. The van der Waals surface area contributed by atoms with Crippen LogP contribution in [0.25, 0.3) is 16.5 Å². The molecule has 3 heterocycles. The van der Waals surface area contributed by atoms with Gasteiger partial charge in [-0.15, -0.1) is 0 Å². The number of fused-ring (bicyclic) bond motifs is 1. The van der Waals surface area contributed by atoms with E-state index in [1.165, 1.54) is 12.3 Å². The number of likely N-dealkylation sites (N-methyl/N-ethyl adjacent to an activating group) is 1. The van der Waals surface area contributed by atoms with E-state index in [4.69, 9.17) is 0 Å². The van der Waals surface area contributed by atoms with E-state index >= 15 is 0 Å². The molecule has 0 saturated carbocycles. The summed E-state index contributed by atoms with van der Waals surface area (Å²) in [5.41, 5.74) is 1.82. The molecule has 0 atom stereocenters. The van der Waals surface area contributed by atoms with Crippen LogP contribution in [0, 0.1) is 0 Å². The minimum absolute atomic E-state index is 0.108. The van der Waals surface area contributed by atoms with Crippen LogP contribution in [0.3, 0.4) is 0 Å². The third-order valence-corrected chi connectivity index (χ3v) is 8.41. The first-order chi connectivity index (χ1) is 16.1. The molecule has 180 valence electrons. The van der Waals surface area contributed by atoms with E-state index in [0.717, 1.165) is 59.8 Å². The highest BCUT2D eigenvalue weighted by molar-refractivity contribution is 7.90. The predicted molar refractivity (Wildman–Crippen MR) is 128 cm³/mol. The van der Waals surface area contributed by atoms with Crippen LogP contribution in [0.4, 0.5) is 18.9 Å². The SMILES string of the molecule is CN1CC=C(c2cn(S(=O)(=O)c3ccc(N4CCCC4)cc3)c3ccc(C(F)(F)F)cc23)CC1. The molecule has 3 aromatic rings. The number of aromatic nitrogens is 1. The highest BCUT2D eigenvalue weighted by Crippen LogP contribution is 2.37. The van der Waals surface area contributed by atoms with Gasteiger partial charge in [-0.2, -0.15) is 13.2 Å². The Kier molecular flexibility index (Phi) is 5.72. The van der Waals surface area contributed by atoms with Crippen molar-refractivity contribution >= 4 is 32.2 Å². The molecule has 0 N–H and O–H groups in total. The zero-order valence-electron chi connectivity index (χ0n) is 18.8. The minimum atomic E-state index is -4.51. The van der Waals surface area contributed by atoms with Gasteiger partial charge in [0.1, 0.15) is 0 Å². The van der Waals surface area contributed by atoms with Gasteiger partial charge in [0.15, 0.2) is 0 Å². The molecule has 2 aliphatic heterocycles. The van der Waals surface area contributed by atoms with E-state index in [1.54, 1.807) is 24.3 Å². The Bertz CT molecular complexity index is 1350. The van der Waals surface area contributed by atoms with Gasteiger partial charge < -0.3 is 9.80 Å². The van der Waals surface area contributed by atoms with Gasteiger partial charge in [-0.05, 0) is 74.3 Å². The molecule has 2 aliphatic rings. The molecule has 0 aliphatic carbocycles. The lowest BCUT2D eigenvalue weighted by Gasteiger charge is -2.21. The summed E-state index contributed by atoms with van der Waals surface area (Å²) in [7, 11) is -2.04. The summed E-state index contributed by atoms with van der Waals surface area (Å²) in [6.07, 6.45) is 1.79. The lowest BCUT2D eigenvalue weighted by atomic mass is 9.98. The van der Waals surface area contributed by atoms with Crippen LogP contribution >= 0.6 is 0 Å². The fourth-order valence-electron chi connectivity index (χ4n) is 4.76. The van der Waals surface area contributed by atoms with E-state index in [-0.39, 0.29) is 10.4 Å². The van der Waals surface area contributed by atoms with Crippen LogP contribution in [0.2, 0.25) is 0 Å². The van der Waals surface area contributed by atoms with E-state index in [9.17, 15) is 21.6 Å². The first-order valence-corrected chi connectivity index (χ1v) is 12.8. The molecule has 1 saturated heterocycles. The first-order valence-electron chi connectivity index (χ1n) is 11.4. The Morgan fingerprint density at radius 3 is 2.26 bits per heavy atom. The van der Waals surface area contributed by atoms with Gasteiger partial charge in [-0.25, -0.2) is 12.4 Å². The molecule has 5 rings (SSSR count). The Labute approximate surface area is 197 Å². The minimum Gasteiger partial charge on any atom is -0.372 e. The summed E-state index contributed by atoms with van der Waals surface area (Å²) in [6.45, 7) is 3.31. The average molecular weight is 490 g/mol. The summed E-state index contributed by atoms with van der Waals surface area (Å²) in [5, 5.41) is 0.294. The molecule has 9 heteroatoms. The molecule has 0 amide bonds. The molecule has 0 spiro atoms. The lowest BCUT2D eigenvalue weighted by Crippen LogP contribution is -2.23. The summed E-state index contributed by atoms with van der Waals surface area (Å²) >= 11 is 0. The van der Waals surface area contributed by atoms with Gasteiger partial charge >= 0.3 is 6.18 Å². The number of alkyl halides is 3. The number of rotatable bonds is 4. The maximum absolute atomic E-state index is 13.6. The smallest absolute Gasteiger partial charge is 0.372 e.